The van der Waals surface area contributed by atoms with Crippen molar-refractivity contribution in [3.8, 4) is 0 Å². The molecule has 5 nitrogen and oxygen atoms in total. The fourth-order valence-corrected chi connectivity index (χ4v) is 5.14. The molecule has 7 heteroatoms. The molecule has 0 aliphatic carbocycles. The van der Waals surface area contributed by atoms with Gasteiger partial charge < -0.3 is 14.6 Å². The van der Waals surface area contributed by atoms with Crippen LogP contribution < -0.4 is 0 Å². The number of likely N-dealkylation sites (tertiary alicyclic amines) is 1. The van der Waals surface area contributed by atoms with Crippen LogP contribution in [0.25, 0.3) is 0 Å². The summed E-state index contributed by atoms with van der Waals surface area (Å²) in [7, 11) is 0. The average Bonchev–Trinajstić information content (AvgIpc) is 3.29. The van der Waals surface area contributed by atoms with Gasteiger partial charge in [0.1, 0.15) is 11.6 Å². The summed E-state index contributed by atoms with van der Waals surface area (Å²) in [5, 5.41) is 10.8. The summed E-state index contributed by atoms with van der Waals surface area (Å²) in [5.41, 5.74) is 2.80. The van der Waals surface area contributed by atoms with Gasteiger partial charge in [0.05, 0.1) is 25.4 Å². The third kappa shape index (κ3) is 8.59. The molecule has 1 saturated heterocycles. The topological polar surface area (TPSA) is 59.0 Å². The molecule has 0 aromatic heterocycles. The summed E-state index contributed by atoms with van der Waals surface area (Å²) in [6.45, 7) is 7.31. The van der Waals surface area contributed by atoms with Crippen LogP contribution in [0, 0.1) is 18.6 Å². The van der Waals surface area contributed by atoms with Gasteiger partial charge in [-0.05, 0) is 86.9 Å². The lowest BCUT2D eigenvalue weighted by atomic mass is 9.95. The predicted octanol–water partition coefficient (Wildman–Crippen LogP) is 5.69. The maximum atomic E-state index is 14.7. The number of nitrogens with zero attached hydrogens (tertiary/aromatic N) is 1. The van der Waals surface area contributed by atoms with E-state index in [0.29, 0.717) is 30.7 Å². The van der Waals surface area contributed by atoms with Gasteiger partial charge in [0.25, 0.3) is 0 Å². The van der Waals surface area contributed by atoms with Crippen LogP contribution in [-0.4, -0.2) is 54.4 Å². The Morgan fingerprint density at radius 1 is 1.19 bits per heavy atom. The highest BCUT2D eigenvalue weighted by Crippen LogP contribution is 2.29. The van der Waals surface area contributed by atoms with Crippen LogP contribution in [0.2, 0.25) is 0 Å². The number of rotatable bonds is 14. The third-order valence-corrected chi connectivity index (χ3v) is 7.08. The molecule has 204 valence electrons. The van der Waals surface area contributed by atoms with Crippen LogP contribution >= 0.6 is 0 Å². The van der Waals surface area contributed by atoms with Crippen molar-refractivity contribution in [3.63, 3.8) is 0 Å². The molecule has 1 heterocycles. The van der Waals surface area contributed by atoms with E-state index in [2.05, 4.69) is 4.90 Å². The van der Waals surface area contributed by atoms with Crippen molar-refractivity contribution in [1.29, 1.82) is 0 Å². The van der Waals surface area contributed by atoms with E-state index in [4.69, 9.17) is 9.47 Å². The van der Waals surface area contributed by atoms with Crippen molar-refractivity contribution in [2.75, 3.05) is 26.3 Å². The van der Waals surface area contributed by atoms with Crippen molar-refractivity contribution < 1.29 is 28.2 Å². The summed E-state index contributed by atoms with van der Waals surface area (Å²) in [6, 6.07) is 10.5. The number of aryl methyl sites for hydroxylation is 1. The normalized spacial score (nSPS) is 17.6. The van der Waals surface area contributed by atoms with E-state index in [9.17, 15) is 18.7 Å². The van der Waals surface area contributed by atoms with Crippen molar-refractivity contribution in [3.05, 3.63) is 70.3 Å². The fourth-order valence-electron chi connectivity index (χ4n) is 5.14. The van der Waals surface area contributed by atoms with Crippen molar-refractivity contribution in [2.45, 2.75) is 84.0 Å². The minimum absolute atomic E-state index is 0.102. The summed E-state index contributed by atoms with van der Waals surface area (Å²) in [6.07, 6.45) is 3.56. The number of carbonyl (C=O) groups excluding carboxylic acids is 1. The first-order chi connectivity index (χ1) is 17.8. The zero-order valence-electron chi connectivity index (χ0n) is 22.3. The van der Waals surface area contributed by atoms with Crippen molar-refractivity contribution >= 4 is 5.97 Å². The zero-order valence-corrected chi connectivity index (χ0v) is 22.3. The molecule has 3 rings (SSSR count). The van der Waals surface area contributed by atoms with Gasteiger partial charge in [0, 0.05) is 19.0 Å². The molecule has 0 radical (unpaired) electrons. The third-order valence-electron chi connectivity index (χ3n) is 7.08. The lowest BCUT2D eigenvalue weighted by Gasteiger charge is -2.28. The van der Waals surface area contributed by atoms with Gasteiger partial charge in [-0.15, -0.1) is 0 Å². The molecule has 37 heavy (non-hydrogen) atoms. The number of ether oxygens (including phenoxy) is 2. The molecule has 3 atom stereocenters. The fraction of sp³-hybridized carbons (Fsp3) is 0.567. The number of hydrogen-bond donors (Lipinski definition) is 1. The molecule has 0 amide bonds. The molecule has 0 bridgehead atoms. The first-order valence-corrected chi connectivity index (χ1v) is 13.5. The van der Waals surface area contributed by atoms with Gasteiger partial charge in [-0.3, -0.25) is 9.69 Å². The monoisotopic (exact) mass is 517 g/mol. The second kappa shape index (κ2) is 14.6. The van der Waals surface area contributed by atoms with Gasteiger partial charge in [-0.1, -0.05) is 37.6 Å². The highest BCUT2D eigenvalue weighted by atomic mass is 19.1. The van der Waals surface area contributed by atoms with Gasteiger partial charge >= 0.3 is 5.97 Å². The van der Waals surface area contributed by atoms with E-state index in [1.165, 1.54) is 6.07 Å². The second-order valence-electron chi connectivity index (χ2n) is 9.96. The summed E-state index contributed by atoms with van der Waals surface area (Å²) >= 11 is 0. The van der Waals surface area contributed by atoms with E-state index < -0.39 is 6.10 Å². The van der Waals surface area contributed by atoms with E-state index in [0.717, 1.165) is 43.4 Å². The number of carbonyl (C=O) groups is 1. The van der Waals surface area contributed by atoms with Gasteiger partial charge in [-0.2, -0.15) is 0 Å². The molecule has 2 aromatic rings. The maximum absolute atomic E-state index is 14.7. The number of aliphatic hydroxyl groups excluding tert-OH is 1. The molecule has 0 spiro atoms. The van der Waals surface area contributed by atoms with E-state index in [1.807, 2.05) is 25.1 Å². The lowest BCUT2D eigenvalue weighted by molar-refractivity contribution is -0.143. The molecule has 2 aromatic carbocycles. The molecule has 1 aliphatic rings. The molecule has 1 N–H and O–H groups in total. The number of esters is 1. The number of hydrogen-bond acceptors (Lipinski definition) is 5. The first kappa shape index (κ1) is 29.2. The Morgan fingerprint density at radius 2 is 2.00 bits per heavy atom. The zero-order chi connectivity index (χ0) is 26.8. The van der Waals surface area contributed by atoms with Crippen LogP contribution in [0.1, 0.15) is 74.3 Å². The first-order valence-electron chi connectivity index (χ1n) is 13.5. The minimum atomic E-state index is -0.703. The van der Waals surface area contributed by atoms with Crippen LogP contribution in [-0.2, 0) is 27.1 Å². The number of benzene rings is 2. The van der Waals surface area contributed by atoms with Crippen molar-refractivity contribution in [1.82, 2.24) is 4.90 Å². The number of halogens is 2. The van der Waals surface area contributed by atoms with Crippen LogP contribution in [0.4, 0.5) is 8.78 Å². The average molecular weight is 518 g/mol. The van der Waals surface area contributed by atoms with E-state index >= 15 is 0 Å². The molecule has 0 saturated carbocycles. The number of aliphatic hydroxyl groups is 1. The Kier molecular flexibility index (Phi) is 11.5. The molecule has 0 unspecified atom stereocenters. The Labute approximate surface area is 219 Å². The summed E-state index contributed by atoms with van der Waals surface area (Å²) in [4.78, 5) is 14.1. The lowest BCUT2D eigenvalue weighted by Crippen LogP contribution is -2.39. The molecular formula is C30H41F2NO4. The summed E-state index contributed by atoms with van der Waals surface area (Å²) in [5.74, 6) is -0.899. The van der Waals surface area contributed by atoms with Gasteiger partial charge in [-0.25, -0.2) is 8.78 Å². The standard InChI is InChI=1S/C30H41F2NO4/c1-4-8-29(26-10-6-11-27(31)25(26)14-15-30(35)36-5-2)37-20-24(34)19-33-16-7-9-23(33)17-22-13-12-21(3)28(32)18-22/h6,10-13,18,23-24,29,34H,4-5,7-9,14-17,19-20H2,1-3H3/t23-,24+,29+/m0/s1. The Balaban J connectivity index is 1.60. The Hall–Kier alpha value is -2.35. The van der Waals surface area contributed by atoms with Crippen LogP contribution in [0.15, 0.2) is 36.4 Å². The van der Waals surface area contributed by atoms with E-state index in [1.54, 1.807) is 26.0 Å². The summed E-state index contributed by atoms with van der Waals surface area (Å²) < 4.78 is 39.9. The maximum Gasteiger partial charge on any atom is 0.306 e. The second-order valence-corrected chi connectivity index (χ2v) is 9.96. The van der Waals surface area contributed by atoms with Crippen molar-refractivity contribution in [2.24, 2.45) is 0 Å². The minimum Gasteiger partial charge on any atom is -0.466 e. The van der Waals surface area contributed by atoms with Crippen LogP contribution in [0.3, 0.4) is 0 Å². The van der Waals surface area contributed by atoms with Gasteiger partial charge in [0.2, 0.25) is 0 Å². The largest absolute Gasteiger partial charge is 0.466 e. The Bertz CT molecular complexity index is 1020. The molecule has 1 aliphatic heterocycles. The highest BCUT2D eigenvalue weighted by molar-refractivity contribution is 5.69. The quantitative estimate of drug-likeness (QED) is 0.326. The molecule has 1 fully saturated rings. The SMILES string of the molecule is CCC[C@@H](OC[C@H](O)CN1CCC[C@H]1Cc1ccc(C)c(F)c1)c1cccc(F)c1CCC(=O)OCC. The number of β-amino-alcohol motifs (C(OH)–C–C–N with tert-alkyl or cyclic N) is 1. The Morgan fingerprint density at radius 3 is 2.73 bits per heavy atom. The van der Waals surface area contributed by atoms with E-state index in [-0.39, 0.29) is 49.2 Å². The van der Waals surface area contributed by atoms with Crippen LogP contribution in [0.5, 0.6) is 0 Å². The smallest absolute Gasteiger partial charge is 0.306 e. The predicted molar refractivity (Wildman–Crippen MR) is 140 cm³/mol. The molecular weight excluding hydrogens is 476 g/mol. The van der Waals surface area contributed by atoms with Gasteiger partial charge in [0.15, 0.2) is 0 Å². The highest BCUT2D eigenvalue weighted by Gasteiger charge is 2.27.